The van der Waals surface area contributed by atoms with Crippen LogP contribution in [0.5, 0.6) is 0 Å². The van der Waals surface area contributed by atoms with E-state index in [0.717, 1.165) is 13.0 Å². The third-order valence-electron chi connectivity index (χ3n) is 1.21. The van der Waals surface area contributed by atoms with Crippen molar-refractivity contribution in [2.45, 2.75) is 61.8 Å². The first-order chi connectivity index (χ1) is 8.81. The number of carbonyl (C=O) groups excluding carboxylic acids is 1. The second-order valence-corrected chi connectivity index (χ2v) is 2.20. The van der Waals surface area contributed by atoms with Crippen molar-refractivity contribution in [2.24, 2.45) is 0 Å². The number of ether oxygens (including phenoxy) is 2. The zero-order valence-electron chi connectivity index (χ0n) is 13.8. The number of amides is 1. The third kappa shape index (κ3) is 36.2. The maximum Gasteiger partial charge on any atom is 0.407 e. The van der Waals surface area contributed by atoms with E-state index in [4.69, 9.17) is 4.74 Å². The number of alkyl carbamates (subject to hydrolysis) is 1. The molecule has 0 aromatic rings. The van der Waals surface area contributed by atoms with E-state index in [-0.39, 0.29) is 6.09 Å². The van der Waals surface area contributed by atoms with Gasteiger partial charge in [-0.25, -0.2) is 4.79 Å². The van der Waals surface area contributed by atoms with Crippen LogP contribution in [0.2, 0.25) is 0 Å². The van der Waals surface area contributed by atoms with Gasteiger partial charge in [-0.05, 0) is 20.3 Å². The molecule has 0 aliphatic carbocycles. The second-order valence-electron chi connectivity index (χ2n) is 2.20. The summed E-state index contributed by atoms with van der Waals surface area (Å²) in [7, 11) is 0. The van der Waals surface area contributed by atoms with Gasteiger partial charge in [0.2, 0.25) is 0 Å². The van der Waals surface area contributed by atoms with E-state index in [1.807, 2.05) is 48.5 Å². The standard InChI is InChI=1S/C8H17NO3.3C2H6/c1-3-11-7-5-6-9-8(10)12-4-2;3*1-2/h3-7H2,1-2H3,(H,9,10);3*1-2H3. The number of carbonyl (C=O) groups is 1. The molecular weight excluding hydrogens is 230 g/mol. The van der Waals surface area contributed by atoms with Gasteiger partial charge in [0, 0.05) is 19.8 Å². The fourth-order valence-corrected chi connectivity index (χ4v) is 0.691. The molecule has 0 aliphatic rings. The normalized spacial score (nSPS) is 7.33. The predicted molar refractivity (Wildman–Crippen MR) is 80.2 cm³/mol. The van der Waals surface area contributed by atoms with E-state index in [9.17, 15) is 4.79 Å². The quantitative estimate of drug-likeness (QED) is 0.731. The maximum atomic E-state index is 10.7. The van der Waals surface area contributed by atoms with E-state index in [1.165, 1.54) is 0 Å². The van der Waals surface area contributed by atoms with Crippen molar-refractivity contribution in [3.63, 3.8) is 0 Å². The molecule has 4 nitrogen and oxygen atoms in total. The molecule has 1 N–H and O–H groups in total. The summed E-state index contributed by atoms with van der Waals surface area (Å²) in [4.78, 5) is 10.7. The van der Waals surface area contributed by atoms with Crippen molar-refractivity contribution >= 4 is 6.09 Å². The zero-order valence-corrected chi connectivity index (χ0v) is 13.8. The molecule has 1 amide bonds. The molecule has 0 atom stereocenters. The van der Waals surface area contributed by atoms with E-state index in [0.29, 0.717) is 19.8 Å². The molecule has 0 radical (unpaired) electrons. The Morgan fingerprint density at radius 2 is 1.44 bits per heavy atom. The van der Waals surface area contributed by atoms with Gasteiger partial charge >= 0.3 is 6.09 Å². The van der Waals surface area contributed by atoms with Crippen LogP contribution in [0.4, 0.5) is 4.79 Å². The smallest absolute Gasteiger partial charge is 0.407 e. The molecule has 0 saturated heterocycles. The molecule has 18 heavy (non-hydrogen) atoms. The van der Waals surface area contributed by atoms with Crippen LogP contribution in [0.15, 0.2) is 0 Å². The highest BCUT2D eigenvalue weighted by molar-refractivity contribution is 5.66. The molecule has 0 saturated carbocycles. The van der Waals surface area contributed by atoms with Crippen molar-refractivity contribution in [3.05, 3.63) is 0 Å². The molecule has 0 rings (SSSR count). The Morgan fingerprint density at radius 1 is 0.944 bits per heavy atom. The lowest BCUT2D eigenvalue weighted by Gasteiger charge is -2.04. The van der Waals surface area contributed by atoms with Crippen molar-refractivity contribution in [2.75, 3.05) is 26.4 Å². The summed E-state index contributed by atoms with van der Waals surface area (Å²) in [6.45, 7) is 18.1. The molecule has 0 bridgehead atoms. The first kappa shape index (κ1) is 25.9. The summed E-state index contributed by atoms with van der Waals surface area (Å²) in [6.07, 6.45) is 0.473. The van der Waals surface area contributed by atoms with Crippen molar-refractivity contribution < 1.29 is 14.3 Å². The zero-order chi connectivity index (χ0) is 15.2. The van der Waals surface area contributed by atoms with Crippen LogP contribution in [0, 0.1) is 0 Å². The highest BCUT2D eigenvalue weighted by Gasteiger charge is 1.97. The van der Waals surface area contributed by atoms with Gasteiger partial charge < -0.3 is 14.8 Å². The fraction of sp³-hybridized carbons (Fsp3) is 0.929. The summed E-state index contributed by atoms with van der Waals surface area (Å²) >= 11 is 0. The molecule has 0 spiro atoms. The highest BCUT2D eigenvalue weighted by atomic mass is 16.5. The number of nitrogens with one attached hydrogen (secondary N) is 1. The molecule has 0 fully saturated rings. The number of hydrogen-bond donors (Lipinski definition) is 1. The Kier molecular flexibility index (Phi) is 51.8. The minimum Gasteiger partial charge on any atom is -0.450 e. The van der Waals surface area contributed by atoms with Crippen LogP contribution in [-0.4, -0.2) is 32.5 Å². The Hall–Kier alpha value is -0.770. The largest absolute Gasteiger partial charge is 0.450 e. The van der Waals surface area contributed by atoms with Crippen LogP contribution < -0.4 is 5.32 Å². The monoisotopic (exact) mass is 265 g/mol. The Bertz CT molecular complexity index is 120. The highest BCUT2D eigenvalue weighted by Crippen LogP contribution is 1.81. The van der Waals surface area contributed by atoms with Gasteiger partial charge in [0.25, 0.3) is 0 Å². The third-order valence-corrected chi connectivity index (χ3v) is 1.21. The minimum atomic E-state index is -0.353. The van der Waals surface area contributed by atoms with Gasteiger partial charge in [-0.3, -0.25) is 0 Å². The summed E-state index contributed by atoms with van der Waals surface area (Å²) in [5, 5.41) is 2.60. The van der Waals surface area contributed by atoms with E-state index in [1.54, 1.807) is 6.92 Å². The predicted octanol–water partition coefficient (Wildman–Crippen LogP) is 4.24. The van der Waals surface area contributed by atoms with Gasteiger partial charge in [-0.15, -0.1) is 0 Å². The molecule has 4 heteroatoms. The summed E-state index contributed by atoms with van der Waals surface area (Å²) in [5.41, 5.74) is 0. The second kappa shape index (κ2) is 36.0. The van der Waals surface area contributed by atoms with E-state index in [2.05, 4.69) is 10.1 Å². The van der Waals surface area contributed by atoms with Gasteiger partial charge in [0.15, 0.2) is 0 Å². The number of rotatable bonds is 6. The molecule has 0 aromatic heterocycles. The van der Waals surface area contributed by atoms with E-state index >= 15 is 0 Å². The fourth-order valence-electron chi connectivity index (χ4n) is 0.691. The SMILES string of the molecule is CC.CC.CC.CCOCCCNC(=O)OCC. The Balaban J connectivity index is -0.000000141. The van der Waals surface area contributed by atoms with Crippen LogP contribution in [-0.2, 0) is 9.47 Å². The van der Waals surface area contributed by atoms with Crippen LogP contribution in [0.3, 0.4) is 0 Å². The number of hydrogen-bond acceptors (Lipinski definition) is 3. The summed E-state index contributed by atoms with van der Waals surface area (Å²) in [6, 6.07) is 0. The lowest BCUT2D eigenvalue weighted by atomic mass is 10.4. The molecule has 0 heterocycles. The van der Waals surface area contributed by atoms with Crippen LogP contribution >= 0.6 is 0 Å². The molecule has 114 valence electrons. The van der Waals surface area contributed by atoms with Gasteiger partial charge in [0.1, 0.15) is 0 Å². The van der Waals surface area contributed by atoms with Gasteiger partial charge in [-0.1, -0.05) is 41.5 Å². The maximum absolute atomic E-state index is 10.7. The topological polar surface area (TPSA) is 47.6 Å². The molecule has 0 aliphatic heterocycles. The Morgan fingerprint density at radius 3 is 1.83 bits per heavy atom. The molecular formula is C14H35NO3. The van der Waals surface area contributed by atoms with Gasteiger partial charge in [-0.2, -0.15) is 0 Å². The van der Waals surface area contributed by atoms with Gasteiger partial charge in [0.05, 0.1) is 6.61 Å². The minimum absolute atomic E-state index is 0.353. The molecule has 0 aromatic carbocycles. The summed E-state index contributed by atoms with van der Waals surface area (Å²) < 4.78 is 9.74. The lowest BCUT2D eigenvalue weighted by Crippen LogP contribution is -2.25. The first-order valence-electron chi connectivity index (χ1n) is 7.29. The first-order valence-corrected chi connectivity index (χ1v) is 7.29. The van der Waals surface area contributed by atoms with Crippen molar-refractivity contribution in [3.8, 4) is 0 Å². The Labute approximate surface area is 114 Å². The lowest BCUT2D eigenvalue weighted by molar-refractivity contribution is 0.137. The van der Waals surface area contributed by atoms with Crippen molar-refractivity contribution in [1.29, 1.82) is 0 Å². The average Bonchev–Trinajstić information content (AvgIpc) is 2.45. The van der Waals surface area contributed by atoms with Crippen LogP contribution in [0.1, 0.15) is 61.8 Å². The summed E-state index contributed by atoms with van der Waals surface area (Å²) in [5.74, 6) is 0. The average molecular weight is 265 g/mol. The van der Waals surface area contributed by atoms with E-state index < -0.39 is 0 Å². The molecule has 0 unspecified atom stereocenters. The van der Waals surface area contributed by atoms with Crippen LogP contribution in [0.25, 0.3) is 0 Å². The van der Waals surface area contributed by atoms with Crippen molar-refractivity contribution in [1.82, 2.24) is 5.32 Å².